The lowest BCUT2D eigenvalue weighted by Crippen LogP contribution is -2.20. The van der Waals surface area contributed by atoms with E-state index in [9.17, 15) is 0 Å². The molecule has 0 unspecified atom stereocenters. The molecule has 1 heterocycles. The van der Waals surface area contributed by atoms with E-state index in [1.807, 2.05) is 14.1 Å². The van der Waals surface area contributed by atoms with E-state index < -0.39 is 0 Å². The normalized spacial score (nSPS) is 11.0. The number of aryl methyl sites for hydroxylation is 1. The van der Waals surface area contributed by atoms with Crippen molar-refractivity contribution in [2.75, 3.05) is 45.7 Å². The molecule has 0 spiro atoms. The molecule has 0 bridgehead atoms. The Hall–Kier alpha value is -0.650. The average Bonchev–Trinajstić information content (AvgIpc) is 2.70. The van der Waals surface area contributed by atoms with Gasteiger partial charge in [-0.05, 0) is 20.5 Å². The highest BCUT2D eigenvalue weighted by Gasteiger charge is 1.98. The minimum Gasteiger partial charge on any atom is -0.378 e. The number of rotatable bonds is 8. The lowest BCUT2D eigenvalue weighted by molar-refractivity contribution is 0.126. The molecule has 1 N–H and O–H groups in total. The Morgan fingerprint density at radius 3 is 2.88 bits per heavy atom. The van der Waals surface area contributed by atoms with Gasteiger partial charge < -0.3 is 15.0 Å². The van der Waals surface area contributed by atoms with Gasteiger partial charge in [0.05, 0.1) is 18.9 Å². The average molecular weight is 243 g/mol. The first-order valence-electron chi connectivity index (χ1n) is 5.63. The molecule has 0 amide bonds. The van der Waals surface area contributed by atoms with Crippen molar-refractivity contribution >= 4 is 16.5 Å². The van der Waals surface area contributed by atoms with Crippen LogP contribution in [0.25, 0.3) is 0 Å². The highest BCUT2D eigenvalue weighted by Crippen LogP contribution is 2.14. The summed E-state index contributed by atoms with van der Waals surface area (Å²) < 4.78 is 5.47. The highest BCUT2D eigenvalue weighted by molar-refractivity contribution is 7.13. The molecule has 0 aliphatic heterocycles. The molecule has 1 rings (SSSR count). The molecule has 0 aliphatic rings. The van der Waals surface area contributed by atoms with Gasteiger partial charge in [0.15, 0.2) is 5.13 Å². The Labute approximate surface area is 102 Å². The Bertz CT molecular complexity index is 289. The van der Waals surface area contributed by atoms with E-state index in [1.165, 1.54) is 0 Å². The largest absolute Gasteiger partial charge is 0.378 e. The fourth-order valence-corrected chi connectivity index (χ4v) is 1.95. The SMILES string of the molecule is CCc1csc(NCCOCCN(C)C)n1. The molecule has 0 fully saturated rings. The number of anilines is 1. The van der Waals surface area contributed by atoms with Crippen molar-refractivity contribution < 1.29 is 4.74 Å². The molecule has 1 aromatic heterocycles. The first-order valence-corrected chi connectivity index (χ1v) is 6.51. The number of aromatic nitrogens is 1. The van der Waals surface area contributed by atoms with Crippen LogP contribution in [0.3, 0.4) is 0 Å². The maximum absolute atomic E-state index is 5.47. The molecule has 1 aromatic rings. The van der Waals surface area contributed by atoms with Crippen molar-refractivity contribution in [2.24, 2.45) is 0 Å². The summed E-state index contributed by atoms with van der Waals surface area (Å²) in [6.45, 7) is 5.42. The molecule has 0 atom stereocenters. The molecule has 0 aliphatic carbocycles. The lowest BCUT2D eigenvalue weighted by Gasteiger charge is -2.09. The molecular weight excluding hydrogens is 222 g/mol. The van der Waals surface area contributed by atoms with Crippen molar-refractivity contribution in [3.05, 3.63) is 11.1 Å². The summed E-state index contributed by atoms with van der Waals surface area (Å²) in [5.74, 6) is 0. The van der Waals surface area contributed by atoms with E-state index in [2.05, 4.69) is 27.5 Å². The van der Waals surface area contributed by atoms with E-state index in [0.717, 1.165) is 43.5 Å². The van der Waals surface area contributed by atoms with Gasteiger partial charge >= 0.3 is 0 Å². The standard InChI is InChI=1S/C11H21N3OS/c1-4-10-9-16-11(13-10)12-5-7-15-8-6-14(2)3/h9H,4-8H2,1-3H3,(H,12,13). The number of ether oxygens (including phenoxy) is 1. The Balaban J connectivity index is 2.02. The second-order valence-electron chi connectivity index (χ2n) is 3.84. The number of nitrogens with zero attached hydrogens (tertiary/aromatic N) is 2. The molecule has 0 radical (unpaired) electrons. The summed E-state index contributed by atoms with van der Waals surface area (Å²) in [4.78, 5) is 6.53. The van der Waals surface area contributed by atoms with Gasteiger partial charge in [0.2, 0.25) is 0 Å². The summed E-state index contributed by atoms with van der Waals surface area (Å²) in [5.41, 5.74) is 1.15. The quantitative estimate of drug-likeness (QED) is 0.705. The summed E-state index contributed by atoms with van der Waals surface area (Å²) in [7, 11) is 4.09. The summed E-state index contributed by atoms with van der Waals surface area (Å²) in [6.07, 6.45) is 0.998. The van der Waals surface area contributed by atoms with Crippen LogP contribution in [0.5, 0.6) is 0 Å². The Morgan fingerprint density at radius 2 is 2.25 bits per heavy atom. The van der Waals surface area contributed by atoms with E-state index in [0.29, 0.717) is 0 Å². The van der Waals surface area contributed by atoms with Crippen LogP contribution in [0.15, 0.2) is 5.38 Å². The second kappa shape index (κ2) is 7.60. The molecule has 92 valence electrons. The molecule has 0 aromatic carbocycles. The molecule has 0 saturated heterocycles. The number of hydrogen-bond donors (Lipinski definition) is 1. The van der Waals surface area contributed by atoms with Crippen LogP contribution in [0.2, 0.25) is 0 Å². The topological polar surface area (TPSA) is 37.4 Å². The van der Waals surface area contributed by atoms with Gasteiger partial charge in [-0.3, -0.25) is 0 Å². The molecule has 0 saturated carbocycles. The van der Waals surface area contributed by atoms with Crippen LogP contribution in [0.4, 0.5) is 5.13 Å². The number of likely N-dealkylation sites (N-methyl/N-ethyl adjacent to an activating group) is 1. The predicted molar refractivity (Wildman–Crippen MR) is 69.4 cm³/mol. The summed E-state index contributed by atoms with van der Waals surface area (Å²) in [5, 5.41) is 6.34. The minimum atomic E-state index is 0.731. The van der Waals surface area contributed by atoms with E-state index in [4.69, 9.17) is 4.74 Å². The van der Waals surface area contributed by atoms with Crippen LogP contribution in [-0.2, 0) is 11.2 Å². The van der Waals surface area contributed by atoms with E-state index >= 15 is 0 Å². The first-order chi connectivity index (χ1) is 7.72. The predicted octanol–water partition coefficient (Wildman–Crippen LogP) is 1.70. The van der Waals surface area contributed by atoms with Crippen LogP contribution >= 0.6 is 11.3 Å². The summed E-state index contributed by atoms with van der Waals surface area (Å²) >= 11 is 1.66. The van der Waals surface area contributed by atoms with Crippen LogP contribution < -0.4 is 5.32 Å². The van der Waals surface area contributed by atoms with Crippen LogP contribution in [-0.4, -0.2) is 50.3 Å². The Morgan fingerprint density at radius 1 is 1.44 bits per heavy atom. The van der Waals surface area contributed by atoms with E-state index in [1.54, 1.807) is 11.3 Å². The fourth-order valence-electron chi connectivity index (χ4n) is 1.13. The smallest absolute Gasteiger partial charge is 0.182 e. The van der Waals surface area contributed by atoms with Gasteiger partial charge in [-0.25, -0.2) is 4.98 Å². The number of nitrogens with one attached hydrogen (secondary N) is 1. The van der Waals surface area contributed by atoms with Gasteiger partial charge in [-0.2, -0.15) is 0 Å². The molecule has 16 heavy (non-hydrogen) atoms. The molecule has 5 heteroatoms. The zero-order chi connectivity index (χ0) is 11.8. The van der Waals surface area contributed by atoms with Crippen LogP contribution in [0, 0.1) is 0 Å². The summed E-state index contributed by atoms with van der Waals surface area (Å²) in [6, 6.07) is 0. The Kier molecular flexibility index (Phi) is 6.37. The van der Waals surface area contributed by atoms with Gasteiger partial charge in [0, 0.05) is 18.5 Å². The van der Waals surface area contributed by atoms with Crippen molar-refractivity contribution in [3.63, 3.8) is 0 Å². The zero-order valence-electron chi connectivity index (χ0n) is 10.3. The lowest BCUT2D eigenvalue weighted by atomic mass is 10.4. The van der Waals surface area contributed by atoms with E-state index in [-0.39, 0.29) is 0 Å². The third-order valence-corrected chi connectivity index (χ3v) is 2.97. The molecular formula is C11H21N3OS. The maximum Gasteiger partial charge on any atom is 0.182 e. The van der Waals surface area contributed by atoms with Gasteiger partial charge in [-0.15, -0.1) is 11.3 Å². The van der Waals surface area contributed by atoms with Crippen molar-refractivity contribution in [3.8, 4) is 0 Å². The minimum absolute atomic E-state index is 0.731. The number of thiazole rings is 1. The van der Waals surface area contributed by atoms with Crippen molar-refractivity contribution in [1.82, 2.24) is 9.88 Å². The first kappa shape index (κ1) is 13.4. The van der Waals surface area contributed by atoms with Crippen LogP contribution in [0.1, 0.15) is 12.6 Å². The third kappa shape index (κ3) is 5.44. The number of hydrogen-bond acceptors (Lipinski definition) is 5. The van der Waals surface area contributed by atoms with Gasteiger partial charge in [-0.1, -0.05) is 6.92 Å². The second-order valence-corrected chi connectivity index (χ2v) is 4.70. The van der Waals surface area contributed by atoms with Gasteiger partial charge in [0.25, 0.3) is 0 Å². The fraction of sp³-hybridized carbons (Fsp3) is 0.727. The van der Waals surface area contributed by atoms with Crippen molar-refractivity contribution in [1.29, 1.82) is 0 Å². The third-order valence-electron chi connectivity index (χ3n) is 2.12. The monoisotopic (exact) mass is 243 g/mol. The van der Waals surface area contributed by atoms with Gasteiger partial charge in [0.1, 0.15) is 0 Å². The molecule has 4 nitrogen and oxygen atoms in total. The van der Waals surface area contributed by atoms with Crippen molar-refractivity contribution in [2.45, 2.75) is 13.3 Å². The highest BCUT2D eigenvalue weighted by atomic mass is 32.1. The maximum atomic E-state index is 5.47. The zero-order valence-corrected chi connectivity index (χ0v) is 11.1.